The normalized spacial score (nSPS) is 15.5. The van der Waals surface area contributed by atoms with E-state index in [0.29, 0.717) is 27.3 Å². The summed E-state index contributed by atoms with van der Waals surface area (Å²) in [7, 11) is 1.58. The van der Waals surface area contributed by atoms with Gasteiger partial charge in [0.2, 0.25) is 0 Å². The van der Waals surface area contributed by atoms with Gasteiger partial charge in [-0.15, -0.1) is 0 Å². The summed E-state index contributed by atoms with van der Waals surface area (Å²) in [6.07, 6.45) is 3.45. The lowest BCUT2D eigenvalue weighted by Crippen LogP contribution is -2.39. The van der Waals surface area contributed by atoms with Crippen molar-refractivity contribution < 1.29 is 14.3 Å². The Balaban J connectivity index is 2.01. The molecule has 0 N–H and O–H groups in total. The first-order valence-corrected chi connectivity index (χ1v) is 9.54. The topological polar surface area (TPSA) is 43.7 Å². The molecule has 1 aliphatic rings. The van der Waals surface area contributed by atoms with E-state index in [0.717, 1.165) is 17.0 Å². The number of thioether (sulfide) groups is 1. The number of hydrogen-bond acceptors (Lipinski definition) is 5. The van der Waals surface area contributed by atoms with Crippen molar-refractivity contribution in [1.29, 1.82) is 0 Å². The number of rotatable bonds is 6. The molecule has 1 aromatic carbocycles. The van der Waals surface area contributed by atoms with Crippen LogP contribution in [-0.4, -0.2) is 28.6 Å². The highest BCUT2D eigenvalue weighted by Crippen LogP contribution is 2.37. The lowest BCUT2D eigenvalue weighted by atomic mass is 10.1. The molecule has 0 atom stereocenters. The Bertz CT molecular complexity index is 927. The zero-order valence-electron chi connectivity index (χ0n) is 15.4. The fourth-order valence-electron chi connectivity index (χ4n) is 2.85. The number of hydrogen-bond donors (Lipinski definition) is 0. The molecule has 3 rings (SSSR count). The van der Waals surface area contributed by atoms with Gasteiger partial charge in [-0.1, -0.05) is 36.5 Å². The van der Waals surface area contributed by atoms with Gasteiger partial charge < -0.3 is 9.47 Å². The van der Waals surface area contributed by atoms with Gasteiger partial charge in [0.25, 0.3) is 5.91 Å². The predicted molar refractivity (Wildman–Crippen MR) is 114 cm³/mol. The maximum Gasteiger partial charge on any atom is 0.285 e. The molecule has 0 radical (unpaired) electrons. The molecule has 5 nitrogen and oxygen atoms in total. The molecular weight excluding hydrogens is 380 g/mol. The van der Waals surface area contributed by atoms with E-state index in [1.54, 1.807) is 19.3 Å². The number of para-hydroxylation sites is 1. The van der Waals surface area contributed by atoms with Crippen LogP contribution < -0.4 is 14.5 Å². The van der Waals surface area contributed by atoms with Gasteiger partial charge in [0.15, 0.2) is 15.8 Å². The molecule has 0 aliphatic carbocycles. The monoisotopic (exact) mass is 400 g/mol. The Kier molecular flexibility index (Phi) is 5.72. The smallest absolute Gasteiger partial charge is 0.285 e. The standard InChI is InChI=1S/C20H20N2O3S2/c1-5-11-25-18-15(7-6-8-16(18)24-4)12-17-19(23)22(20(26)27-17)21-13(2)9-10-14(21)3/h5-10,12H,1,11H2,2-4H3/b17-12-. The van der Waals surface area contributed by atoms with Gasteiger partial charge in [0.05, 0.1) is 12.0 Å². The minimum atomic E-state index is -0.162. The molecule has 7 heteroatoms. The zero-order valence-corrected chi connectivity index (χ0v) is 17.0. The van der Waals surface area contributed by atoms with Crippen molar-refractivity contribution in [3.05, 3.63) is 64.8 Å². The molecule has 2 aromatic rings. The van der Waals surface area contributed by atoms with Crippen molar-refractivity contribution in [3.63, 3.8) is 0 Å². The van der Waals surface area contributed by atoms with Gasteiger partial charge in [0, 0.05) is 17.0 Å². The molecule has 0 unspecified atom stereocenters. The summed E-state index contributed by atoms with van der Waals surface area (Å²) in [5.74, 6) is 1.00. The van der Waals surface area contributed by atoms with E-state index in [9.17, 15) is 4.79 Å². The Labute approximate surface area is 168 Å². The number of methoxy groups -OCH3 is 1. The molecule has 1 aromatic heterocycles. The van der Waals surface area contributed by atoms with Crippen LogP contribution >= 0.6 is 24.0 Å². The molecule has 0 spiro atoms. The van der Waals surface area contributed by atoms with Crippen LogP contribution in [-0.2, 0) is 4.79 Å². The summed E-state index contributed by atoms with van der Waals surface area (Å²) in [5.41, 5.74) is 2.64. The lowest BCUT2D eigenvalue weighted by Gasteiger charge is -2.20. The number of amides is 1. The number of aryl methyl sites for hydroxylation is 2. The van der Waals surface area contributed by atoms with Crippen molar-refractivity contribution in [3.8, 4) is 11.5 Å². The lowest BCUT2D eigenvalue weighted by molar-refractivity contribution is -0.114. The van der Waals surface area contributed by atoms with Crippen molar-refractivity contribution in [2.24, 2.45) is 0 Å². The quantitative estimate of drug-likeness (QED) is 0.413. The van der Waals surface area contributed by atoms with Crippen LogP contribution in [0.4, 0.5) is 0 Å². The van der Waals surface area contributed by atoms with Crippen LogP contribution in [0.15, 0.2) is 47.9 Å². The first kappa shape index (κ1) is 19.3. The summed E-state index contributed by atoms with van der Waals surface area (Å²) < 4.78 is 13.5. The highest BCUT2D eigenvalue weighted by molar-refractivity contribution is 8.27. The molecule has 1 amide bonds. The molecule has 140 valence electrons. The largest absolute Gasteiger partial charge is 0.493 e. The molecule has 0 saturated carbocycles. The van der Waals surface area contributed by atoms with Gasteiger partial charge in [-0.3, -0.25) is 9.47 Å². The van der Waals surface area contributed by atoms with Crippen LogP contribution in [0.2, 0.25) is 0 Å². The Morgan fingerprint density at radius 3 is 2.56 bits per heavy atom. The second-order valence-electron chi connectivity index (χ2n) is 5.90. The van der Waals surface area contributed by atoms with E-state index in [-0.39, 0.29) is 5.91 Å². The highest BCUT2D eigenvalue weighted by atomic mass is 32.2. The van der Waals surface area contributed by atoms with E-state index in [4.69, 9.17) is 21.7 Å². The van der Waals surface area contributed by atoms with Gasteiger partial charge in [0.1, 0.15) is 6.61 Å². The summed E-state index contributed by atoms with van der Waals surface area (Å²) in [5, 5.41) is 1.53. The van der Waals surface area contributed by atoms with E-state index in [1.807, 2.05) is 48.9 Å². The maximum atomic E-state index is 13.0. The summed E-state index contributed by atoms with van der Waals surface area (Å²) in [6, 6.07) is 9.46. The summed E-state index contributed by atoms with van der Waals surface area (Å²) >= 11 is 6.74. The van der Waals surface area contributed by atoms with E-state index >= 15 is 0 Å². The highest BCUT2D eigenvalue weighted by Gasteiger charge is 2.35. The fourth-order valence-corrected chi connectivity index (χ4v) is 4.09. The summed E-state index contributed by atoms with van der Waals surface area (Å²) in [6.45, 7) is 7.90. The van der Waals surface area contributed by atoms with Gasteiger partial charge in [-0.2, -0.15) is 5.01 Å². The van der Waals surface area contributed by atoms with Gasteiger partial charge in [-0.05, 0) is 50.3 Å². The van der Waals surface area contributed by atoms with E-state index in [1.165, 1.54) is 16.8 Å². The van der Waals surface area contributed by atoms with Crippen LogP contribution in [0, 0.1) is 13.8 Å². The van der Waals surface area contributed by atoms with Crippen molar-refractivity contribution >= 4 is 40.3 Å². The number of benzene rings is 1. The first-order chi connectivity index (χ1) is 13.0. The van der Waals surface area contributed by atoms with Crippen molar-refractivity contribution in [1.82, 2.24) is 4.68 Å². The van der Waals surface area contributed by atoms with Crippen LogP contribution in [0.1, 0.15) is 17.0 Å². The number of carbonyl (C=O) groups excluding carboxylic acids is 1. The second kappa shape index (κ2) is 8.02. The van der Waals surface area contributed by atoms with Crippen LogP contribution in [0.5, 0.6) is 11.5 Å². The number of thiocarbonyl (C=S) groups is 1. The van der Waals surface area contributed by atoms with Gasteiger partial charge >= 0.3 is 0 Å². The zero-order chi connectivity index (χ0) is 19.6. The molecule has 1 fully saturated rings. The number of nitrogens with zero attached hydrogens (tertiary/aromatic N) is 2. The van der Waals surface area contributed by atoms with Crippen molar-refractivity contribution in [2.45, 2.75) is 13.8 Å². The third-order valence-electron chi connectivity index (χ3n) is 4.07. The minimum absolute atomic E-state index is 0.162. The molecule has 0 bridgehead atoms. The minimum Gasteiger partial charge on any atom is -0.493 e. The fraction of sp³-hybridized carbons (Fsp3) is 0.200. The molecule has 1 saturated heterocycles. The second-order valence-corrected chi connectivity index (χ2v) is 7.58. The van der Waals surface area contributed by atoms with E-state index < -0.39 is 0 Å². The molecular formula is C20H20N2O3S2. The number of carbonyl (C=O) groups is 1. The average molecular weight is 401 g/mol. The average Bonchev–Trinajstić information content (AvgIpc) is 3.11. The Morgan fingerprint density at radius 1 is 1.22 bits per heavy atom. The maximum absolute atomic E-state index is 13.0. The van der Waals surface area contributed by atoms with Crippen molar-refractivity contribution in [2.75, 3.05) is 18.7 Å². The third-order valence-corrected chi connectivity index (χ3v) is 5.35. The SMILES string of the molecule is C=CCOc1c(/C=C2\SC(=S)N(n3c(C)ccc3C)C2=O)cccc1OC. The predicted octanol–water partition coefficient (Wildman–Crippen LogP) is 4.22. The summed E-state index contributed by atoms with van der Waals surface area (Å²) in [4.78, 5) is 13.6. The first-order valence-electron chi connectivity index (χ1n) is 8.31. The number of ether oxygens (including phenoxy) is 2. The Hall–Kier alpha value is -2.51. The van der Waals surface area contributed by atoms with Crippen LogP contribution in [0.3, 0.4) is 0 Å². The van der Waals surface area contributed by atoms with E-state index in [2.05, 4.69) is 6.58 Å². The number of aromatic nitrogens is 1. The molecule has 1 aliphatic heterocycles. The van der Waals surface area contributed by atoms with Crippen LogP contribution in [0.25, 0.3) is 6.08 Å². The molecule has 2 heterocycles. The Morgan fingerprint density at radius 2 is 1.93 bits per heavy atom. The molecule has 27 heavy (non-hydrogen) atoms. The third kappa shape index (κ3) is 3.65. The van der Waals surface area contributed by atoms with Gasteiger partial charge in [-0.25, -0.2) is 0 Å².